The van der Waals surface area contributed by atoms with Crippen molar-refractivity contribution in [2.24, 2.45) is 5.92 Å². The van der Waals surface area contributed by atoms with E-state index in [2.05, 4.69) is 5.32 Å². The van der Waals surface area contributed by atoms with Crippen LogP contribution in [0.4, 0.5) is 0 Å². The lowest BCUT2D eigenvalue weighted by Crippen LogP contribution is -2.19. The molecule has 4 nitrogen and oxygen atoms in total. The van der Waals surface area contributed by atoms with Crippen LogP contribution in [0, 0.1) is 5.92 Å². The molecular weight excluding hydrogens is 254 g/mol. The van der Waals surface area contributed by atoms with Crippen molar-refractivity contribution in [1.82, 2.24) is 5.32 Å². The molecule has 1 saturated heterocycles. The average Bonchev–Trinajstić information content (AvgIpc) is 2.83. The molecule has 0 unspecified atom stereocenters. The fraction of sp³-hybridized carbons (Fsp3) is 0.562. The molecule has 1 aliphatic carbocycles. The van der Waals surface area contributed by atoms with Gasteiger partial charge in [0, 0.05) is 18.9 Å². The summed E-state index contributed by atoms with van der Waals surface area (Å²) < 4.78 is 11.3. The van der Waals surface area contributed by atoms with E-state index in [9.17, 15) is 4.79 Å². The summed E-state index contributed by atoms with van der Waals surface area (Å²) in [6, 6.07) is 6.00. The molecule has 4 heteroatoms. The minimum absolute atomic E-state index is 0.128. The van der Waals surface area contributed by atoms with Crippen LogP contribution in [0.2, 0.25) is 0 Å². The second-order valence-electron chi connectivity index (χ2n) is 5.72. The summed E-state index contributed by atoms with van der Waals surface area (Å²) in [6.45, 7) is 1.48. The normalized spacial score (nSPS) is 22.2. The molecule has 108 valence electrons. The molecule has 1 atom stereocenters. The molecule has 1 heterocycles. The van der Waals surface area contributed by atoms with Crippen molar-refractivity contribution < 1.29 is 14.3 Å². The molecule has 20 heavy (non-hydrogen) atoms. The summed E-state index contributed by atoms with van der Waals surface area (Å²) in [4.78, 5) is 11.3. The zero-order valence-corrected chi connectivity index (χ0v) is 11.9. The molecular formula is C16H21NO3. The Bertz CT molecular complexity index is 496. The Morgan fingerprint density at radius 3 is 2.75 bits per heavy atom. The molecule has 1 N–H and O–H groups in total. The summed E-state index contributed by atoms with van der Waals surface area (Å²) in [5, 5.41) is 2.87. The van der Waals surface area contributed by atoms with Crippen molar-refractivity contribution in [3.05, 3.63) is 23.8 Å². The minimum atomic E-state index is 0.128. The zero-order valence-electron chi connectivity index (χ0n) is 11.9. The van der Waals surface area contributed by atoms with E-state index in [-0.39, 0.29) is 11.8 Å². The van der Waals surface area contributed by atoms with Gasteiger partial charge in [-0.15, -0.1) is 0 Å². The van der Waals surface area contributed by atoms with E-state index in [1.54, 1.807) is 7.11 Å². The average molecular weight is 275 g/mol. The number of nitrogens with one attached hydrogen (secondary N) is 1. The third kappa shape index (κ3) is 2.74. The van der Waals surface area contributed by atoms with Crippen LogP contribution < -0.4 is 14.8 Å². The third-order valence-corrected chi connectivity index (χ3v) is 4.34. The highest BCUT2D eigenvalue weighted by molar-refractivity contribution is 5.79. The Balaban J connectivity index is 1.73. The van der Waals surface area contributed by atoms with Crippen LogP contribution in [0.3, 0.4) is 0 Å². The first-order valence-corrected chi connectivity index (χ1v) is 7.33. The number of carbonyl (C=O) groups is 1. The Labute approximate surface area is 119 Å². The standard InChI is InChI=1S/C16H21NO3/c1-19-14-6-5-12(13-8-16(18)17-9-13)7-15(14)20-10-11-3-2-4-11/h5-7,11,13H,2-4,8-10H2,1H3,(H,17,18)/t13-/m0/s1. The maximum Gasteiger partial charge on any atom is 0.220 e. The fourth-order valence-corrected chi connectivity index (χ4v) is 2.77. The van der Waals surface area contributed by atoms with Gasteiger partial charge >= 0.3 is 0 Å². The maximum atomic E-state index is 11.3. The van der Waals surface area contributed by atoms with Gasteiger partial charge in [-0.1, -0.05) is 12.5 Å². The molecule has 0 bridgehead atoms. The maximum absolute atomic E-state index is 11.3. The van der Waals surface area contributed by atoms with Gasteiger partial charge in [-0.05, 0) is 36.5 Å². The highest BCUT2D eigenvalue weighted by Gasteiger charge is 2.24. The zero-order chi connectivity index (χ0) is 13.9. The van der Waals surface area contributed by atoms with E-state index in [4.69, 9.17) is 9.47 Å². The van der Waals surface area contributed by atoms with Gasteiger partial charge in [-0.25, -0.2) is 0 Å². The second kappa shape index (κ2) is 5.73. The summed E-state index contributed by atoms with van der Waals surface area (Å²) in [5.74, 6) is 2.64. The van der Waals surface area contributed by atoms with Crippen LogP contribution >= 0.6 is 0 Å². The lowest BCUT2D eigenvalue weighted by molar-refractivity contribution is -0.119. The molecule has 1 saturated carbocycles. The van der Waals surface area contributed by atoms with Crippen molar-refractivity contribution in [3.8, 4) is 11.5 Å². The van der Waals surface area contributed by atoms with E-state index < -0.39 is 0 Å². The lowest BCUT2D eigenvalue weighted by Gasteiger charge is -2.25. The number of benzene rings is 1. The SMILES string of the molecule is COc1ccc([C@@H]2CNC(=O)C2)cc1OCC1CCC1. The molecule has 0 aromatic heterocycles. The van der Waals surface area contributed by atoms with Crippen molar-refractivity contribution in [1.29, 1.82) is 0 Å². The molecule has 0 spiro atoms. The van der Waals surface area contributed by atoms with E-state index in [1.807, 2.05) is 18.2 Å². The van der Waals surface area contributed by atoms with Crippen LogP contribution in [-0.2, 0) is 4.79 Å². The number of hydrogen-bond acceptors (Lipinski definition) is 3. The molecule has 1 aliphatic heterocycles. The van der Waals surface area contributed by atoms with Crippen LogP contribution in [0.25, 0.3) is 0 Å². The molecule has 1 aromatic rings. The van der Waals surface area contributed by atoms with Gasteiger partial charge in [-0.2, -0.15) is 0 Å². The molecule has 0 radical (unpaired) electrons. The largest absolute Gasteiger partial charge is 0.493 e. The molecule has 1 aromatic carbocycles. The van der Waals surface area contributed by atoms with Crippen molar-refractivity contribution in [2.75, 3.05) is 20.3 Å². The first-order valence-electron chi connectivity index (χ1n) is 7.33. The minimum Gasteiger partial charge on any atom is -0.493 e. The van der Waals surface area contributed by atoms with Gasteiger partial charge in [0.2, 0.25) is 5.91 Å². The van der Waals surface area contributed by atoms with Crippen LogP contribution in [-0.4, -0.2) is 26.2 Å². The monoisotopic (exact) mass is 275 g/mol. The van der Waals surface area contributed by atoms with Gasteiger partial charge in [0.15, 0.2) is 11.5 Å². The van der Waals surface area contributed by atoms with Gasteiger partial charge in [0.1, 0.15) is 0 Å². The molecule has 2 fully saturated rings. The quantitative estimate of drug-likeness (QED) is 0.898. The number of ether oxygens (including phenoxy) is 2. The second-order valence-corrected chi connectivity index (χ2v) is 5.72. The van der Waals surface area contributed by atoms with E-state index in [0.717, 1.165) is 23.7 Å². The Hall–Kier alpha value is -1.71. The molecule has 3 rings (SSSR count). The van der Waals surface area contributed by atoms with Gasteiger partial charge in [0.25, 0.3) is 0 Å². The Kier molecular flexibility index (Phi) is 3.81. The predicted molar refractivity (Wildman–Crippen MR) is 76.2 cm³/mol. The lowest BCUT2D eigenvalue weighted by atomic mass is 9.86. The molecule has 1 amide bonds. The number of hydrogen-bond donors (Lipinski definition) is 1. The van der Waals surface area contributed by atoms with Crippen LogP contribution in [0.5, 0.6) is 11.5 Å². The summed E-state index contributed by atoms with van der Waals surface area (Å²) in [5.41, 5.74) is 1.15. The van der Waals surface area contributed by atoms with Crippen LogP contribution in [0.1, 0.15) is 37.2 Å². The van der Waals surface area contributed by atoms with Gasteiger partial charge < -0.3 is 14.8 Å². The smallest absolute Gasteiger partial charge is 0.220 e. The van der Waals surface area contributed by atoms with Crippen molar-refractivity contribution in [2.45, 2.75) is 31.6 Å². The van der Waals surface area contributed by atoms with Gasteiger partial charge in [0.05, 0.1) is 13.7 Å². The Morgan fingerprint density at radius 1 is 1.30 bits per heavy atom. The first kappa shape index (κ1) is 13.3. The third-order valence-electron chi connectivity index (χ3n) is 4.34. The highest BCUT2D eigenvalue weighted by atomic mass is 16.5. The number of amides is 1. The number of methoxy groups -OCH3 is 1. The summed E-state index contributed by atoms with van der Waals surface area (Å²) in [6.07, 6.45) is 4.42. The predicted octanol–water partition coefficient (Wildman–Crippen LogP) is 2.48. The molecule has 2 aliphatic rings. The number of carbonyl (C=O) groups excluding carboxylic acids is 1. The Morgan fingerprint density at radius 2 is 2.15 bits per heavy atom. The van der Waals surface area contributed by atoms with E-state index in [0.29, 0.717) is 18.9 Å². The summed E-state index contributed by atoms with van der Waals surface area (Å²) in [7, 11) is 1.66. The topological polar surface area (TPSA) is 47.6 Å². The number of rotatable bonds is 5. The summed E-state index contributed by atoms with van der Waals surface area (Å²) >= 11 is 0. The highest BCUT2D eigenvalue weighted by Crippen LogP contribution is 2.34. The van der Waals surface area contributed by atoms with E-state index in [1.165, 1.54) is 19.3 Å². The van der Waals surface area contributed by atoms with Crippen molar-refractivity contribution >= 4 is 5.91 Å². The van der Waals surface area contributed by atoms with E-state index >= 15 is 0 Å². The van der Waals surface area contributed by atoms with Crippen molar-refractivity contribution in [3.63, 3.8) is 0 Å². The fourth-order valence-electron chi connectivity index (χ4n) is 2.77. The van der Waals surface area contributed by atoms with Crippen LogP contribution in [0.15, 0.2) is 18.2 Å². The first-order chi connectivity index (χ1) is 9.76. The van der Waals surface area contributed by atoms with Gasteiger partial charge in [-0.3, -0.25) is 4.79 Å².